The molecule has 0 aliphatic rings. The van der Waals surface area contributed by atoms with E-state index in [1.807, 2.05) is 0 Å². The molecular weight excluding hydrogens is 365 g/mol. The van der Waals surface area contributed by atoms with Crippen molar-refractivity contribution in [3.05, 3.63) is 91.0 Å². The molecule has 3 aromatic rings. The molecule has 3 rings (SSSR count). The van der Waals surface area contributed by atoms with Crippen LogP contribution in [0.25, 0.3) is 0 Å². The third-order valence-corrected chi connectivity index (χ3v) is 8.52. The smallest absolute Gasteiger partial charge is 0.113 e. The Kier molecular flexibility index (Phi) is 6.53. The Bertz CT molecular complexity index is 605. The molecule has 0 amide bonds. The molecule has 0 radical (unpaired) electrons. The normalized spacial score (nSPS) is 10.8. The van der Waals surface area contributed by atoms with Crippen LogP contribution in [0.2, 0.25) is 0 Å². The molecule has 0 heterocycles. The lowest BCUT2D eigenvalue weighted by Crippen LogP contribution is -3.00. The Labute approximate surface area is 149 Å². The molecule has 0 saturated carbocycles. The molecule has 2 N–H and O–H groups in total. The highest BCUT2D eigenvalue weighted by atomic mass is 79.9. The van der Waals surface area contributed by atoms with Crippen molar-refractivity contribution in [1.82, 2.24) is 0 Å². The Morgan fingerprint density at radius 2 is 0.870 bits per heavy atom. The lowest BCUT2D eigenvalue weighted by Gasteiger charge is -2.27. The summed E-state index contributed by atoms with van der Waals surface area (Å²) in [7, 11) is -1.68. The Balaban J connectivity index is 0.00000192. The van der Waals surface area contributed by atoms with Crippen LogP contribution < -0.4 is 38.6 Å². The topological polar surface area (TPSA) is 26.0 Å². The highest BCUT2D eigenvalue weighted by Gasteiger charge is 2.44. The van der Waals surface area contributed by atoms with Gasteiger partial charge in [0.15, 0.2) is 0 Å². The fourth-order valence-corrected chi connectivity index (χ4v) is 7.18. The van der Waals surface area contributed by atoms with Crippen LogP contribution in [0.1, 0.15) is 0 Å². The van der Waals surface area contributed by atoms with Gasteiger partial charge in [-0.05, 0) is 36.4 Å². The summed E-state index contributed by atoms with van der Waals surface area (Å²) in [4.78, 5) is 0. The predicted octanol–water partition coefficient (Wildman–Crippen LogP) is -0.0568. The van der Waals surface area contributed by atoms with Crippen molar-refractivity contribution < 1.29 is 17.0 Å². The highest BCUT2D eigenvalue weighted by Crippen LogP contribution is 2.54. The zero-order chi connectivity index (χ0) is 15.3. The van der Waals surface area contributed by atoms with Gasteiger partial charge in [0.1, 0.15) is 23.2 Å². The van der Waals surface area contributed by atoms with E-state index < -0.39 is 7.26 Å². The van der Waals surface area contributed by atoms with Crippen molar-refractivity contribution in [1.29, 1.82) is 0 Å². The number of hydrogen-bond donors (Lipinski definition) is 1. The lowest BCUT2D eigenvalue weighted by atomic mass is 10.4. The van der Waals surface area contributed by atoms with Crippen LogP contribution in [0.3, 0.4) is 0 Å². The molecule has 0 fully saturated rings. The zero-order valence-corrected chi connectivity index (χ0v) is 15.5. The van der Waals surface area contributed by atoms with Crippen LogP contribution in [-0.2, 0) is 0 Å². The fourth-order valence-electron chi connectivity index (χ4n) is 3.08. The van der Waals surface area contributed by atoms with Gasteiger partial charge in [-0.25, -0.2) is 0 Å². The van der Waals surface area contributed by atoms with Crippen LogP contribution in [0.4, 0.5) is 0 Å². The van der Waals surface area contributed by atoms with Gasteiger partial charge in [-0.15, -0.1) is 0 Å². The monoisotopic (exact) mass is 385 g/mol. The molecule has 3 aromatic carbocycles. The van der Waals surface area contributed by atoms with E-state index in [2.05, 4.69) is 91.0 Å². The molecule has 0 aliphatic heterocycles. The number of halogens is 1. The van der Waals surface area contributed by atoms with Crippen LogP contribution in [-0.4, -0.2) is 12.7 Å². The summed E-state index contributed by atoms with van der Waals surface area (Å²) >= 11 is 0. The molecule has 0 bridgehead atoms. The predicted molar refractivity (Wildman–Crippen MR) is 99.1 cm³/mol. The maximum atomic E-state index is 6.05. The second-order valence-corrected chi connectivity index (χ2v) is 8.94. The number of rotatable bonds is 5. The van der Waals surface area contributed by atoms with Crippen molar-refractivity contribution in [2.75, 3.05) is 12.7 Å². The summed E-state index contributed by atoms with van der Waals surface area (Å²) in [6.07, 6.45) is 0.991. The van der Waals surface area contributed by atoms with Crippen molar-refractivity contribution in [2.45, 2.75) is 0 Å². The average Bonchev–Trinajstić information content (AvgIpc) is 2.62. The first kappa shape index (κ1) is 17.9. The first-order chi connectivity index (χ1) is 10.9. The lowest BCUT2D eigenvalue weighted by molar-refractivity contribution is -0.00000436. The van der Waals surface area contributed by atoms with Gasteiger partial charge in [0.25, 0.3) is 0 Å². The summed E-state index contributed by atoms with van der Waals surface area (Å²) in [5, 5.41) is 4.20. The number of nitrogens with two attached hydrogens (primary N) is 1. The molecule has 118 valence electrons. The molecular formula is C20H21BrNP. The first-order valence-electron chi connectivity index (χ1n) is 7.63. The summed E-state index contributed by atoms with van der Waals surface area (Å²) in [6.45, 7) is 0.687. The largest absolute Gasteiger partial charge is 1.00 e. The highest BCUT2D eigenvalue weighted by molar-refractivity contribution is 7.95. The molecule has 3 heteroatoms. The minimum absolute atomic E-state index is 0. The molecule has 0 spiro atoms. The van der Waals surface area contributed by atoms with Crippen LogP contribution in [0.5, 0.6) is 0 Å². The van der Waals surface area contributed by atoms with E-state index in [-0.39, 0.29) is 17.0 Å². The number of benzene rings is 3. The molecule has 0 aliphatic carbocycles. The van der Waals surface area contributed by atoms with E-state index in [1.165, 1.54) is 15.9 Å². The maximum Gasteiger partial charge on any atom is 0.113 e. The molecule has 0 unspecified atom stereocenters. The molecule has 23 heavy (non-hydrogen) atoms. The average molecular weight is 386 g/mol. The summed E-state index contributed by atoms with van der Waals surface area (Å²) in [6, 6.07) is 32.5. The SMILES string of the molecule is NCC[P+](c1ccccc1)(c1ccccc1)c1ccccc1.[Br-]. The van der Waals surface area contributed by atoms with E-state index in [4.69, 9.17) is 5.73 Å². The van der Waals surface area contributed by atoms with Gasteiger partial charge in [-0.3, -0.25) is 0 Å². The quantitative estimate of drug-likeness (QED) is 0.612. The van der Waals surface area contributed by atoms with Crippen LogP contribution in [0, 0.1) is 0 Å². The third-order valence-electron chi connectivity index (χ3n) is 4.06. The van der Waals surface area contributed by atoms with Crippen LogP contribution >= 0.6 is 7.26 Å². The van der Waals surface area contributed by atoms with Crippen LogP contribution in [0.15, 0.2) is 91.0 Å². The van der Waals surface area contributed by atoms with Gasteiger partial charge in [-0.2, -0.15) is 0 Å². The second-order valence-electron chi connectivity index (χ2n) is 5.33. The van der Waals surface area contributed by atoms with Crippen molar-refractivity contribution in [2.24, 2.45) is 5.73 Å². The van der Waals surface area contributed by atoms with Gasteiger partial charge in [-0.1, -0.05) is 54.6 Å². The van der Waals surface area contributed by atoms with Gasteiger partial charge in [0.2, 0.25) is 0 Å². The Morgan fingerprint density at radius 3 is 1.13 bits per heavy atom. The van der Waals surface area contributed by atoms with Crippen molar-refractivity contribution >= 4 is 23.2 Å². The molecule has 0 aromatic heterocycles. The van der Waals surface area contributed by atoms with E-state index in [0.717, 1.165) is 6.16 Å². The standard InChI is InChI=1S/C20H21NP.BrH/c21-16-17-22(18-10-4-1-5-11-18,19-12-6-2-7-13-19)20-14-8-3-9-15-20;/h1-15H,16-17,21H2;1H/q+1;/p-1. The minimum atomic E-state index is -1.68. The Morgan fingerprint density at radius 1 is 0.565 bits per heavy atom. The summed E-state index contributed by atoms with van der Waals surface area (Å²) in [5.74, 6) is 0. The third kappa shape index (κ3) is 3.55. The molecule has 0 atom stereocenters. The summed E-state index contributed by atoms with van der Waals surface area (Å²) < 4.78 is 0. The maximum absolute atomic E-state index is 6.05. The molecule has 0 saturated heterocycles. The van der Waals surface area contributed by atoms with Gasteiger partial charge >= 0.3 is 0 Å². The van der Waals surface area contributed by atoms with E-state index in [1.54, 1.807) is 0 Å². The van der Waals surface area contributed by atoms with E-state index >= 15 is 0 Å². The van der Waals surface area contributed by atoms with Crippen molar-refractivity contribution in [3.8, 4) is 0 Å². The van der Waals surface area contributed by atoms with E-state index in [9.17, 15) is 0 Å². The molecule has 1 nitrogen and oxygen atoms in total. The minimum Gasteiger partial charge on any atom is -1.00 e. The van der Waals surface area contributed by atoms with E-state index in [0.29, 0.717) is 6.54 Å². The van der Waals surface area contributed by atoms with Gasteiger partial charge in [0.05, 0.1) is 6.16 Å². The van der Waals surface area contributed by atoms with Crippen molar-refractivity contribution in [3.63, 3.8) is 0 Å². The summed E-state index contributed by atoms with van der Waals surface area (Å²) in [5.41, 5.74) is 6.05. The fraction of sp³-hybridized carbons (Fsp3) is 0.100. The number of hydrogen-bond acceptors (Lipinski definition) is 1. The van der Waals surface area contributed by atoms with Gasteiger partial charge in [0, 0.05) is 6.54 Å². The second kappa shape index (κ2) is 8.40. The Hall–Kier alpha value is -1.47. The van der Waals surface area contributed by atoms with Gasteiger partial charge < -0.3 is 22.7 Å². The zero-order valence-electron chi connectivity index (χ0n) is 13.0. The first-order valence-corrected chi connectivity index (χ1v) is 9.60.